The number of rotatable bonds is 5. The lowest BCUT2D eigenvalue weighted by atomic mass is 10.2. The first-order chi connectivity index (χ1) is 11.5. The highest BCUT2D eigenvalue weighted by molar-refractivity contribution is 7.92. The molecular formula is C16H18N4O3S. The second-order valence-corrected chi connectivity index (χ2v) is 7.25. The van der Waals surface area contributed by atoms with Gasteiger partial charge in [0.2, 0.25) is 5.91 Å². The van der Waals surface area contributed by atoms with E-state index in [9.17, 15) is 13.2 Å². The third kappa shape index (κ3) is 3.33. The number of aromatic nitrogens is 1. The van der Waals surface area contributed by atoms with Gasteiger partial charge in [-0.3, -0.25) is 9.52 Å². The molecule has 126 valence electrons. The van der Waals surface area contributed by atoms with Gasteiger partial charge >= 0.3 is 0 Å². The third-order valence-electron chi connectivity index (χ3n) is 3.89. The summed E-state index contributed by atoms with van der Waals surface area (Å²) >= 11 is 0. The highest BCUT2D eigenvalue weighted by atomic mass is 32.2. The summed E-state index contributed by atoms with van der Waals surface area (Å²) < 4.78 is 27.7. The summed E-state index contributed by atoms with van der Waals surface area (Å²) in [6, 6.07) is 8.87. The largest absolute Gasteiger partial charge is 0.366 e. The van der Waals surface area contributed by atoms with Crippen molar-refractivity contribution < 1.29 is 13.2 Å². The van der Waals surface area contributed by atoms with E-state index in [1.54, 1.807) is 18.3 Å². The molecule has 0 atom stereocenters. The standard InChI is InChI=1S/C16H18N4O3S/c17-15(21)12-5-7-13(8-6-12)24(22,23)19-14-4-3-9-18-16(14)20-10-1-2-11-20/h3-9,19H,1-2,10-11H2,(H2,17,21). The Hall–Kier alpha value is -2.61. The van der Waals surface area contributed by atoms with E-state index in [-0.39, 0.29) is 10.5 Å². The number of anilines is 2. The first-order valence-corrected chi connectivity index (χ1v) is 9.08. The first kappa shape index (κ1) is 16.3. The van der Waals surface area contributed by atoms with Crippen molar-refractivity contribution in [1.29, 1.82) is 0 Å². The van der Waals surface area contributed by atoms with E-state index < -0.39 is 15.9 Å². The van der Waals surface area contributed by atoms with E-state index in [0.717, 1.165) is 25.9 Å². The molecule has 1 aromatic heterocycles. The normalized spacial score (nSPS) is 14.6. The van der Waals surface area contributed by atoms with Gasteiger partial charge in [0.1, 0.15) is 0 Å². The Kier molecular flexibility index (Phi) is 4.39. The summed E-state index contributed by atoms with van der Waals surface area (Å²) in [6.07, 6.45) is 3.78. The fraction of sp³-hybridized carbons (Fsp3) is 0.250. The van der Waals surface area contributed by atoms with Gasteiger partial charge in [-0.2, -0.15) is 0 Å². The lowest BCUT2D eigenvalue weighted by Crippen LogP contribution is -2.22. The number of amides is 1. The Bertz CT molecular complexity index is 844. The minimum Gasteiger partial charge on any atom is -0.366 e. The quantitative estimate of drug-likeness (QED) is 0.855. The lowest BCUT2D eigenvalue weighted by Gasteiger charge is -2.20. The Morgan fingerprint density at radius 3 is 2.42 bits per heavy atom. The molecule has 0 aliphatic carbocycles. The molecule has 2 aromatic rings. The van der Waals surface area contributed by atoms with Gasteiger partial charge in [-0.15, -0.1) is 0 Å². The highest BCUT2D eigenvalue weighted by Crippen LogP contribution is 2.28. The van der Waals surface area contributed by atoms with Gasteiger partial charge in [0.25, 0.3) is 10.0 Å². The minimum atomic E-state index is -3.78. The molecule has 2 heterocycles. The Balaban J connectivity index is 1.88. The summed E-state index contributed by atoms with van der Waals surface area (Å²) in [4.78, 5) is 17.5. The fourth-order valence-electron chi connectivity index (χ4n) is 2.66. The zero-order valence-corrected chi connectivity index (χ0v) is 13.8. The van der Waals surface area contributed by atoms with E-state index in [0.29, 0.717) is 11.5 Å². The maximum absolute atomic E-state index is 12.6. The molecule has 1 fully saturated rings. The molecule has 0 spiro atoms. The van der Waals surface area contributed by atoms with E-state index in [2.05, 4.69) is 14.6 Å². The number of sulfonamides is 1. The monoisotopic (exact) mass is 346 g/mol. The van der Waals surface area contributed by atoms with Crippen LogP contribution in [0, 0.1) is 0 Å². The maximum Gasteiger partial charge on any atom is 0.262 e. The molecule has 0 bridgehead atoms. The summed E-state index contributed by atoms with van der Waals surface area (Å²) in [7, 11) is -3.78. The van der Waals surface area contributed by atoms with Crippen LogP contribution in [-0.2, 0) is 10.0 Å². The summed E-state index contributed by atoms with van der Waals surface area (Å²) in [5.41, 5.74) is 5.87. The molecule has 1 aromatic carbocycles. The van der Waals surface area contributed by atoms with Crippen molar-refractivity contribution in [2.24, 2.45) is 5.73 Å². The molecule has 1 aliphatic rings. The third-order valence-corrected chi connectivity index (χ3v) is 5.27. The minimum absolute atomic E-state index is 0.0590. The van der Waals surface area contributed by atoms with Crippen LogP contribution in [0.25, 0.3) is 0 Å². The van der Waals surface area contributed by atoms with Crippen molar-refractivity contribution in [3.05, 3.63) is 48.2 Å². The zero-order valence-electron chi connectivity index (χ0n) is 13.0. The number of pyridine rings is 1. The van der Waals surface area contributed by atoms with Crippen molar-refractivity contribution >= 4 is 27.4 Å². The molecule has 1 aliphatic heterocycles. The van der Waals surface area contributed by atoms with Crippen molar-refractivity contribution in [2.75, 3.05) is 22.7 Å². The smallest absolute Gasteiger partial charge is 0.262 e. The first-order valence-electron chi connectivity index (χ1n) is 7.60. The van der Waals surface area contributed by atoms with Crippen LogP contribution in [0.5, 0.6) is 0 Å². The number of nitrogens with zero attached hydrogens (tertiary/aromatic N) is 2. The number of hydrogen-bond donors (Lipinski definition) is 2. The Morgan fingerprint density at radius 1 is 1.12 bits per heavy atom. The number of nitrogens with two attached hydrogens (primary N) is 1. The van der Waals surface area contributed by atoms with Crippen LogP contribution in [0.2, 0.25) is 0 Å². The molecule has 8 heteroatoms. The molecular weight excluding hydrogens is 328 g/mol. The van der Waals surface area contributed by atoms with Crippen LogP contribution >= 0.6 is 0 Å². The molecule has 7 nitrogen and oxygen atoms in total. The van der Waals surface area contributed by atoms with Gasteiger partial charge in [-0.25, -0.2) is 13.4 Å². The van der Waals surface area contributed by atoms with E-state index in [1.807, 2.05) is 0 Å². The highest BCUT2D eigenvalue weighted by Gasteiger charge is 2.21. The van der Waals surface area contributed by atoms with Gasteiger partial charge < -0.3 is 10.6 Å². The lowest BCUT2D eigenvalue weighted by molar-refractivity contribution is 0.1000. The van der Waals surface area contributed by atoms with Crippen LogP contribution in [0.4, 0.5) is 11.5 Å². The number of primary amides is 1. The molecule has 3 rings (SSSR count). The second kappa shape index (κ2) is 6.48. The van der Waals surface area contributed by atoms with E-state index in [4.69, 9.17) is 5.73 Å². The van der Waals surface area contributed by atoms with Crippen molar-refractivity contribution in [2.45, 2.75) is 17.7 Å². The van der Waals surface area contributed by atoms with Gasteiger partial charge in [0, 0.05) is 24.8 Å². The van der Waals surface area contributed by atoms with E-state index in [1.165, 1.54) is 24.3 Å². The van der Waals surface area contributed by atoms with Crippen LogP contribution in [0.1, 0.15) is 23.2 Å². The topological polar surface area (TPSA) is 105 Å². The average molecular weight is 346 g/mol. The summed E-state index contributed by atoms with van der Waals surface area (Å²) in [5, 5.41) is 0. The SMILES string of the molecule is NC(=O)c1ccc(S(=O)(=O)Nc2cccnc2N2CCCC2)cc1. The predicted octanol–water partition coefficient (Wildman–Crippen LogP) is 1.58. The molecule has 24 heavy (non-hydrogen) atoms. The molecule has 0 unspecified atom stereocenters. The van der Waals surface area contributed by atoms with Gasteiger partial charge in [0.05, 0.1) is 10.6 Å². The average Bonchev–Trinajstić information content (AvgIpc) is 3.09. The second-order valence-electron chi connectivity index (χ2n) is 5.56. The van der Waals surface area contributed by atoms with Crippen LogP contribution in [0.15, 0.2) is 47.5 Å². The predicted molar refractivity (Wildman–Crippen MR) is 91.5 cm³/mol. The van der Waals surface area contributed by atoms with Crippen molar-refractivity contribution in [3.63, 3.8) is 0 Å². The van der Waals surface area contributed by atoms with Crippen molar-refractivity contribution in [3.8, 4) is 0 Å². The van der Waals surface area contributed by atoms with Gasteiger partial charge in [-0.05, 0) is 49.2 Å². The fourth-order valence-corrected chi connectivity index (χ4v) is 3.72. The summed E-state index contributed by atoms with van der Waals surface area (Å²) in [6.45, 7) is 1.72. The summed E-state index contributed by atoms with van der Waals surface area (Å²) in [5.74, 6) is 0.0304. The molecule has 0 saturated carbocycles. The molecule has 3 N–H and O–H groups in total. The molecule has 1 amide bonds. The Labute approximate surface area is 140 Å². The number of carbonyl (C=O) groups excluding carboxylic acids is 1. The zero-order chi connectivity index (χ0) is 17.2. The maximum atomic E-state index is 12.6. The molecule has 1 saturated heterocycles. The van der Waals surface area contributed by atoms with Gasteiger partial charge in [0.15, 0.2) is 5.82 Å². The number of hydrogen-bond acceptors (Lipinski definition) is 5. The number of nitrogens with one attached hydrogen (secondary N) is 1. The van der Waals surface area contributed by atoms with E-state index >= 15 is 0 Å². The number of benzene rings is 1. The van der Waals surface area contributed by atoms with Crippen LogP contribution in [-0.4, -0.2) is 32.4 Å². The van der Waals surface area contributed by atoms with Crippen LogP contribution in [0.3, 0.4) is 0 Å². The van der Waals surface area contributed by atoms with Crippen LogP contribution < -0.4 is 15.4 Å². The number of carbonyl (C=O) groups is 1. The van der Waals surface area contributed by atoms with Crippen molar-refractivity contribution in [1.82, 2.24) is 4.98 Å². The molecule has 0 radical (unpaired) electrons. The van der Waals surface area contributed by atoms with Gasteiger partial charge in [-0.1, -0.05) is 0 Å². The Morgan fingerprint density at radius 2 is 1.79 bits per heavy atom.